The first-order valence-electron chi connectivity index (χ1n) is 3.62. The zero-order chi connectivity index (χ0) is 8.27. The van der Waals surface area contributed by atoms with Crippen molar-refractivity contribution in [1.29, 1.82) is 0 Å². The third-order valence-electron chi connectivity index (χ3n) is 1.76. The average Bonchev–Trinajstić information content (AvgIpc) is 2.05. The SMILES string of the molecule is C[Te]C(C)c1ccc(N)cc1. The van der Waals surface area contributed by atoms with Crippen molar-refractivity contribution in [1.82, 2.24) is 0 Å². The fourth-order valence-corrected chi connectivity index (χ4v) is 2.13. The van der Waals surface area contributed by atoms with Gasteiger partial charge in [-0.2, -0.15) is 0 Å². The van der Waals surface area contributed by atoms with Gasteiger partial charge in [-0.25, -0.2) is 0 Å². The summed E-state index contributed by atoms with van der Waals surface area (Å²) in [4.78, 5) is 2.33. The summed E-state index contributed by atoms with van der Waals surface area (Å²) in [5.74, 6) is 0. The van der Waals surface area contributed by atoms with Crippen LogP contribution in [-0.4, -0.2) is 20.9 Å². The number of benzene rings is 1. The second-order valence-corrected chi connectivity index (χ2v) is 5.91. The molecular formula is C9H13NTe. The standard InChI is InChI=1S/C9H13NTe/c1-7(11-2)8-3-5-9(10)6-4-8/h3-7H,10H2,1-2H3. The summed E-state index contributed by atoms with van der Waals surface area (Å²) in [5.41, 5.74) is 7.87. The molecule has 1 aromatic carbocycles. The first kappa shape index (κ1) is 8.90. The third-order valence-corrected chi connectivity index (χ3v) is 4.55. The Morgan fingerprint density at radius 3 is 2.27 bits per heavy atom. The summed E-state index contributed by atoms with van der Waals surface area (Å²) in [7, 11) is 0. The van der Waals surface area contributed by atoms with Crippen molar-refractivity contribution in [3.05, 3.63) is 29.8 Å². The van der Waals surface area contributed by atoms with Crippen molar-refractivity contribution < 1.29 is 0 Å². The van der Waals surface area contributed by atoms with Gasteiger partial charge >= 0.3 is 78.0 Å². The van der Waals surface area contributed by atoms with E-state index in [9.17, 15) is 0 Å². The topological polar surface area (TPSA) is 26.0 Å². The van der Waals surface area contributed by atoms with Gasteiger partial charge in [0.2, 0.25) is 0 Å². The van der Waals surface area contributed by atoms with Crippen LogP contribution in [0.3, 0.4) is 0 Å². The van der Waals surface area contributed by atoms with E-state index in [0.29, 0.717) is 0 Å². The second-order valence-electron chi connectivity index (χ2n) is 2.54. The number of hydrogen-bond acceptors (Lipinski definition) is 1. The number of nitrogens with two attached hydrogens (primary N) is 1. The van der Waals surface area contributed by atoms with Crippen LogP contribution in [0.25, 0.3) is 0 Å². The van der Waals surface area contributed by atoms with Crippen LogP contribution >= 0.6 is 0 Å². The monoisotopic (exact) mass is 265 g/mol. The van der Waals surface area contributed by atoms with Crippen molar-refractivity contribution in [3.8, 4) is 0 Å². The molecule has 0 aliphatic heterocycles. The Bertz CT molecular complexity index is 218. The molecule has 1 aromatic rings. The summed E-state index contributed by atoms with van der Waals surface area (Å²) < 4.78 is 0.779. The van der Waals surface area contributed by atoms with E-state index in [1.165, 1.54) is 5.56 Å². The van der Waals surface area contributed by atoms with Crippen molar-refractivity contribution in [3.63, 3.8) is 0 Å². The normalized spacial score (nSPS) is 12.9. The van der Waals surface area contributed by atoms with Crippen LogP contribution in [0.2, 0.25) is 4.97 Å². The molecule has 0 fully saturated rings. The molecule has 0 amide bonds. The molecule has 0 bridgehead atoms. The Morgan fingerprint density at radius 2 is 1.82 bits per heavy atom. The summed E-state index contributed by atoms with van der Waals surface area (Å²) in [6.07, 6.45) is 0. The van der Waals surface area contributed by atoms with Crippen LogP contribution in [0.5, 0.6) is 0 Å². The molecule has 1 nitrogen and oxygen atoms in total. The molecule has 0 spiro atoms. The molecule has 0 saturated carbocycles. The molecule has 0 aliphatic rings. The van der Waals surface area contributed by atoms with Gasteiger partial charge in [0.05, 0.1) is 0 Å². The van der Waals surface area contributed by atoms with Crippen LogP contribution in [0.15, 0.2) is 24.3 Å². The molecule has 60 valence electrons. The number of anilines is 1. The number of hydrogen-bond donors (Lipinski definition) is 1. The van der Waals surface area contributed by atoms with Crippen LogP contribution < -0.4 is 5.73 Å². The van der Waals surface area contributed by atoms with E-state index in [1.54, 1.807) is 0 Å². The van der Waals surface area contributed by atoms with Crippen LogP contribution in [0.1, 0.15) is 16.5 Å². The van der Waals surface area contributed by atoms with Crippen LogP contribution in [0.4, 0.5) is 5.69 Å². The molecule has 0 heterocycles. The Balaban J connectivity index is 2.81. The minimum absolute atomic E-state index is 0.157. The van der Waals surface area contributed by atoms with Crippen molar-refractivity contribution >= 4 is 26.6 Å². The van der Waals surface area contributed by atoms with E-state index in [1.807, 2.05) is 12.1 Å². The van der Waals surface area contributed by atoms with Gasteiger partial charge in [0.15, 0.2) is 0 Å². The van der Waals surface area contributed by atoms with Crippen LogP contribution in [-0.2, 0) is 0 Å². The van der Waals surface area contributed by atoms with Crippen LogP contribution in [0, 0.1) is 0 Å². The third kappa shape index (κ3) is 2.39. The first-order valence-corrected chi connectivity index (χ1v) is 7.30. The van der Waals surface area contributed by atoms with E-state index in [2.05, 4.69) is 24.0 Å². The Morgan fingerprint density at radius 1 is 1.27 bits per heavy atom. The zero-order valence-electron chi connectivity index (χ0n) is 6.87. The Labute approximate surface area is 78.1 Å². The van der Waals surface area contributed by atoms with E-state index in [0.717, 1.165) is 9.65 Å². The summed E-state index contributed by atoms with van der Waals surface area (Å²) in [5, 5.41) is 0. The van der Waals surface area contributed by atoms with Crippen molar-refractivity contribution in [2.75, 3.05) is 5.73 Å². The minimum atomic E-state index is 0.157. The summed E-state index contributed by atoms with van der Waals surface area (Å²) >= 11 is 0.157. The maximum absolute atomic E-state index is 5.58. The predicted molar refractivity (Wildman–Crippen MR) is 50.9 cm³/mol. The molecule has 2 N–H and O–H groups in total. The molecule has 0 saturated heterocycles. The van der Waals surface area contributed by atoms with Gasteiger partial charge in [0.25, 0.3) is 0 Å². The van der Waals surface area contributed by atoms with Gasteiger partial charge in [-0.3, -0.25) is 0 Å². The Kier molecular flexibility index (Phi) is 3.23. The number of rotatable bonds is 2. The van der Waals surface area contributed by atoms with Crippen molar-refractivity contribution in [2.24, 2.45) is 0 Å². The fraction of sp³-hybridized carbons (Fsp3) is 0.333. The van der Waals surface area contributed by atoms with Gasteiger partial charge in [-0.1, -0.05) is 0 Å². The number of nitrogen functional groups attached to an aromatic ring is 1. The summed E-state index contributed by atoms with van der Waals surface area (Å²) in [6, 6.07) is 8.23. The molecule has 0 radical (unpaired) electrons. The molecule has 11 heavy (non-hydrogen) atoms. The maximum atomic E-state index is 5.58. The van der Waals surface area contributed by atoms with Gasteiger partial charge < -0.3 is 0 Å². The van der Waals surface area contributed by atoms with E-state index in [4.69, 9.17) is 5.73 Å². The molecule has 1 atom stereocenters. The summed E-state index contributed by atoms with van der Waals surface area (Å²) in [6.45, 7) is 2.29. The molecule has 0 aliphatic carbocycles. The first-order chi connectivity index (χ1) is 5.24. The molecular weight excluding hydrogens is 250 g/mol. The quantitative estimate of drug-likeness (QED) is 0.641. The molecule has 2 heteroatoms. The molecule has 1 rings (SSSR count). The van der Waals surface area contributed by atoms with Crippen molar-refractivity contribution in [2.45, 2.75) is 15.9 Å². The molecule has 1 unspecified atom stereocenters. The van der Waals surface area contributed by atoms with Gasteiger partial charge in [0, 0.05) is 0 Å². The zero-order valence-corrected chi connectivity index (χ0v) is 9.20. The van der Waals surface area contributed by atoms with Gasteiger partial charge in [-0.15, -0.1) is 0 Å². The predicted octanol–water partition coefficient (Wildman–Crippen LogP) is 2.08. The van der Waals surface area contributed by atoms with Gasteiger partial charge in [-0.05, 0) is 0 Å². The Hall–Kier alpha value is -0.190. The second kappa shape index (κ2) is 3.99. The van der Waals surface area contributed by atoms with E-state index >= 15 is 0 Å². The molecule has 0 aromatic heterocycles. The van der Waals surface area contributed by atoms with E-state index in [-0.39, 0.29) is 20.9 Å². The average molecular weight is 263 g/mol. The van der Waals surface area contributed by atoms with Gasteiger partial charge in [0.1, 0.15) is 0 Å². The van der Waals surface area contributed by atoms with E-state index < -0.39 is 0 Å². The fourth-order valence-electron chi connectivity index (χ4n) is 0.903.